The van der Waals surface area contributed by atoms with E-state index in [9.17, 15) is 8.42 Å². The number of aromatic nitrogens is 3. The fourth-order valence-corrected chi connectivity index (χ4v) is 3.86. The van der Waals surface area contributed by atoms with Crippen molar-refractivity contribution in [3.05, 3.63) is 14.7 Å². The first-order valence-electron chi connectivity index (χ1n) is 4.67. The lowest BCUT2D eigenvalue weighted by molar-refractivity contribution is 0.583. The average Bonchev–Trinajstić information content (AvgIpc) is 2.79. The van der Waals surface area contributed by atoms with Crippen molar-refractivity contribution in [3.8, 4) is 11.4 Å². The number of rotatable bonds is 3. The highest BCUT2D eigenvalue weighted by Crippen LogP contribution is 2.37. The molecule has 0 fully saturated rings. The van der Waals surface area contributed by atoms with Gasteiger partial charge < -0.3 is 0 Å². The molecule has 2 heterocycles. The van der Waals surface area contributed by atoms with Crippen LogP contribution >= 0.6 is 45.2 Å². The van der Waals surface area contributed by atoms with Crippen LogP contribution in [0.5, 0.6) is 0 Å². The van der Waals surface area contributed by atoms with E-state index in [2.05, 4.69) is 10.2 Å². The maximum Gasteiger partial charge on any atom is 0.296 e. The minimum Gasteiger partial charge on any atom is -0.297 e. The van der Waals surface area contributed by atoms with Gasteiger partial charge in [0.1, 0.15) is 4.34 Å². The second-order valence-corrected chi connectivity index (χ2v) is 7.97. The highest BCUT2D eigenvalue weighted by atomic mass is 35.7. The highest BCUT2D eigenvalue weighted by Gasteiger charge is 2.24. The fourth-order valence-electron chi connectivity index (χ4n) is 1.45. The largest absolute Gasteiger partial charge is 0.297 e. The van der Waals surface area contributed by atoms with Crippen molar-refractivity contribution >= 4 is 54.3 Å². The Bertz CT molecular complexity index is 693. The molecule has 98 valence electrons. The zero-order valence-corrected chi connectivity index (χ0v) is 12.8. The Balaban J connectivity index is 2.67. The zero-order chi connectivity index (χ0) is 13.5. The van der Waals surface area contributed by atoms with Crippen LogP contribution in [-0.2, 0) is 15.6 Å². The highest BCUT2D eigenvalue weighted by molar-refractivity contribution is 8.13. The summed E-state index contributed by atoms with van der Waals surface area (Å²) in [5, 5.41) is 7.09. The van der Waals surface area contributed by atoms with Gasteiger partial charge in [-0.1, -0.05) is 23.2 Å². The van der Waals surface area contributed by atoms with Gasteiger partial charge in [0.2, 0.25) is 0 Å². The summed E-state index contributed by atoms with van der Waals surface area (Å²) in [7, 11) is 1.33. The minimum absolute atomic E-state index is 0.306. The predicted molar refractivity (Wildman–Crippen MR) is 72.1 cm³/mol. The molecule has 0 saturated carbocycles. The van der Waals surface area contributed by atoms with Gasteiger partial charge >= 0.3 is 0 Å². The standard InChI is InChI=1S/C8H6Cl3N3O2S2/c1-2-14-7(4-3-5(9)17-6(4)10)12-13-8(14)18(11,15)16/h3H,2H2,1H3. The molecule has 0 aliphatic carbocycles. The number of hydrogen-bond acceptors (Lipinski definition) is 5. The third-order valence-corrected chi connectivity index (χ3v) is 4.79. The van der Waals surface area contributed by atoms with Gasteiger partial charge in [-0.05, 0) is 13.0 Å². The van der Waals surface area contributed by atoms with Crippen LogP contribution in [0.25, 0.3) is 11.4 Å². The number of nitrogens with zero attached hydrogens (tertiary/aromatic N) is 3. The second kappa shape index (κ2) is 4.97. The quantitative estimate of drug-likeness (QED) is 0.800. The Morgan fingerprint density at radius 3 is 2.50 bits per heavy atom. The van der Waals surface area contributed by atoms with E-state index in [0.717, 1.165) is 0 Å². The molecule has 0 unspecified atom stereocenters. The Morgan fingerprint density at radius 2 is 2.06 bits per heavy atom. The van der Waals surface area contributed by atoms with Crippen molar-refractivity contribution in [2.75, 3.05) is 0 Å². The van der Waals surface area contributed by atoms with Crippen LogP contribution in [0.15, 0.2) is 11.2 Å². The van der Waals surface area contributed by atoms with E-state index < -0.39 is 9.05 Å². The minimum atomic E-state index is -3.95. The SMILES string of the molecule is CCn1c(-c2cc(Cl)sc2Cl)nnc1S(=O)(=O)Cl. The van der Waals surface area contributed by atoms with Crippen molar-refractivity contribution in [1.29, 1.82) is 0 Å². The smallest absolute Gasteiger partial charge is 0.296 e. The van der Waals surface area contributed by atoms with Gasteiger partial charge in [0, 0.05) is 17.2 Å². The molecular weight excluding hydrogens is 341 g/mol. The van der Waals surface area contributed by atoms with Gasteiger partial charge in [-0.3, -0.25) is 4.57 Å². The lowest BCUT2D eigenvalue weighted by atomic mass is 10.3. The van der Waals surface area contributed by atoms with Gasteiger partial charge in [-0.15, -0.1) is 21.5 Å². The summed E-state index contributed by atoms with van der Waals surface area (Å²) in [6.07, 6.45) is 0. The summed E-state index contributed by atoms with van der Waals surface area (Å²) in [4.78, 5) is 0. The van der Waals surface area contributed by atoms with Gasteiger partial charge in [-0.25, -0.2) is 8.42 Å². The third kappa shape index (κ3) is 2.50. The molecule has 0 radical (unpaired) electrons. The van der Waals surface area contributed by atoms with E-state index in [1.807, 2.05) is 0 Å². The molecule has 0 atom stereocenters. The Labute approximate surface area is 122 Å². The van der Waals surface area contributed by atoms with E-state index in [0.29, 0.717) is 26.6 Å². The summed E-state index contributed by atoms with van der Waals surface area (Å²) < 4.78 is 24.9. The normalized spacial score (nSPS) is 12.0. The molecule has 2 aromatic heterocycles. The first-order valence-corrected chi connectivity index (χ1v) is 8.55. The van der Waals surface area contributed by atoms with Crippen LogP contribution < -0.4 is 0 Å². The Kier molecular flexibility index (Phi) is 3.89. The molecule has 0 aromatic carbocycles. The molecule has 10 heteroatoms. The Hall–Kier alpha value is -0.340. The molecule has 5 nitrogen and oxygen atoms in total. The van der Waals surface area contributed by atoms with Crippen LogP contribution in [0, 0.1) is 0 Å². The molecule has 18 heavy (non-hydrogen) atoms. The van der Waals surface area contributed by atoms with Crippen LogP contribution in [0.2, 0.25) is 8.67 Å². The fraction of sp³-hybridized carbons (Fsp3) is 0.250. The van der Waals surface area contributed by atoms with Crippen molar-refractivity contribution in [2.24, 2.45) is 0 Å². The monoisotopic (exact) mass is 345 g/mol. The molecule has 0 spiro atoms. The number of halogens is 3. The first-order chi connectivity index (χ1) is 8.34. The van der Waals surface area contributed by atoms with E-state index in [1.54, 1.807) is 13.0 Å². The summed E-state index contributed by atoms with van der Waals surface area (Å²) in [5.74, 6) is 0.324. The molecule has 0 saturated heterocycles. The van der Waals surface area contributed by atoms with E-state index in [-0.39, 0.29) is 5.16 Å². The second-order valence-electron chi connectivity index (χ2n) is 3.23. The van der Waals surface area contributed by atoms with E-state index in [1.165, 1.54) is 15.9 Å². The van der Waals surface area contributed by atoms with Gasteiger partial charge in [0.05, 0.1) is 9.90 Å². The van der Waals surface area contributed by atoms with Crippen molar-refractivity contribution in [2.45, 2.75) is 18.6 Å². The average molecular weight is 347 g/mol. The van der Waals surface area contributed by atoms with E-state index in [4.69, 9.17) is 33.9 Å². The maximum absolute atomic E-state index is 11.3. The lowest BCUT2D eigenvalue weighted by Gasteiger charge is -2.04. The predicted octanol–water partition coefficient (Wildman–Crippen LogP) is 3.26. The topological polar surface area (TPSA) is 64.8 Å². The maximum atomic E-state index is 11.3. The van der Waals surface area contributed by atoms with Crippen LogP contribution in [0.1, 0.15) is 6.92 Å². The molecule has 0 bridgehead atoms. The van der Waals surface area contributed by atoms with E-state index >= 15 is 0 Å². The summed E-state index contributed by atoms with van der Waals surface area (Å²) in [5.41, 5.74) is 0.535. The summed E-state index contributed by atoms with van der Waals surface area (Å²) >= 11 is 13.0. The molecule has 2 rings (SSSR count). The molecular formula is C8H6Cl3N3O2S2. The van der Waals surface area contributed by atoms with Gasteiger partial charge in [0.25, 0.3) is 14.2 Å². The van der Waals surface area contributed by atoms with Crippen molar-refractivity contribution in [3.63, 3.8) is 0 Å². The molecule has 0 amide bonds. The molecule has 2 aromatic rings. The summed E-state index contributed by atoms with van der Waals surface area (Å²) in [6.45, 7) is 2.09. The third-order valence-electron chi connectivity index (χ3n) is 2.15. The zero-order valence-electron chi connectivity index (χ0n) is 8.89. The van der Waals surface area contributed by atoms with Gasteiger partial charge in [0.15, 0.2) is 5.82 Å². The molecule has 0 aliphatic rings. The van der Waals surface area contributed by atoms with Crippen molar-refractivity contribution < 1.29 is 8.42 Å². The number of hydrogen-bond donors (Lipinski definition) is 0. The van der Waals surface area contributed by atoms with Crippen molar-refractivity contribution in [1.82, 2.24) is 14.8 Å². The first kappa shape index (κ1) is 14.1. The van der Waals surface area contributed by atoms with Crippen LogP contribution in [0.4, 0.5) is 0 Å². The Morgan fingerprint density at radius 1 is 1.39 bits per heavy atom. The molecule has 0 aliphatic heterocycles. The molecule has 0 N–H and O–H groups in total. The summed E-state index contributed by atoms with van der Waals surface area (Å²) in [6, 6.07) is 1.61. The lowest BCUT2D eigenvalue weighted by Crippen LogP contribution is -2.06. The van der Waals surface area contributed by atoms with Crippen LogP contribution in [-0.4, -0.2) is 23.2 Å². The van der Waals surface area contributed by atoms with Gasteiger partial charge in [-0.2, -0.15) is 0 Å². The number of thiophene rings is 1. The van der Waals surface area contributed by atoms with Crippen LogP contribution in [0.3, 0.4) is 0 Å².